The van der Waals surface area contributed by atoms with Crippen LogP contribution in [0.4, 0.5) is 9.18 Å². The molecule has 2 aliphatic rings. The van der Waals surface area contributed by atoms with Crippen LogP contribution in [0, 0.1) is 19.7 Å². The molecule has 0 saturated carbocycles. The van der Waals surface area contributed by atoms with E-state index in [0.29, 0.717) is 5.56 Å². The largest absolute Gasteiger partial charge is 0.338 e. The molecule has 0 aliphatic carbocycles. The molecule has 9 nitrogen and oxygen atoms in total. The maximum absolute atomic E-state index is 13.4. The average Bonchev–Trinajstić information content (AvgIpc) is 3.11. The number of piperazine rings is 1. The zero-order valence-corrected chi connectivity index (χ0v) is 21.3. The maximum atomic E-state index is 13.4. The third-order valence-electron chi connectivity index (χ3n) is 7.04. The van der Waals surface area contributed by atoms with Gasteiger partial charge in [0.05, 0.1) is 4.90 Å². The molecule has 2 heterocycles. The summed E-state index contributed by atoms with van der Waals surface area (Å²) in [4.78, 5) is 41.4. The number of urea groups is 1. The van der Waals surface area contributed by atoms with E-state index >= 15 is 0 Å². The van der Waals surface area contributed by atoms with Crippen LogP contribution >= 0.6 is 0 Å². The van der Waals surface area contributed by atoms with Crippen LogP contribution in [0.25, 0.3) is 0 Å². The summed E-state index contributed by atoms with van der Waals surface area (Å²) >= 11 is 0. The summed E-state index contributed by atoms with van der Waals surface area (Å²) < 4.78 is 40.8. The van der Waals surface area contributed by atoms with Gasteiger partial charge in [0.25, 0.3) is 5.91 Å². The Labute approximate surface area is 209 Å². The molecule has 2 fully saturated rings. The van der Waals surface area contributed by atoms with Crippen molar-refractivity contribution in [3.8, 4) is 0 Å². The minimum atomic E-state index is -3.70. The minimum absolute atomic E-state index is 0.107. The first-order valence-electron chi connectivity index (χ1n) is 11.7. The second kappa shape index (κ2) is 9.62. The molecule has 1 atom stereocenters. The van der Waals surface area contributed by atoms with Crippen LogP contribution in [0.5, 0.6) is 0 Å². The quantitative estimate of drug-likeness (QED) is 0.592. The third-order valence-corrected chi connectivity index (χ3v) is 8.94. The smallest absolute Gasteiger partial charge is 0.325 e. The molecule has 0 spiro atoms. The van der Waals surface area contributed by atoms with Gasteiger partial charge in [0, 0.05) is 26.2 Å². The highest BCUT2D eigenvalue weighted by Gasteiger charge is 2.52. The lowest BCUT2D eigenvalue weighted by Crippen LogP contribution is -2.53. The fourth-order valence-electron chi connectivity index (χ4n) is 4.58. The van der Waals surface area contributed by atoms with Crippen molar-refractivity contribution in [2.75, 3.05) is 32.7 Å². The van der Waals surface area contributed by atoms with Crippen molar-refractivity contribution in [1.82, 2.24) is 19.4 Å². The van der Waals surface area contributed by atoms with Gasteiger partial charge < -0.3 is 10.2 Å². The summed E-state index contributed by atoms with van der Waals surface area (Å²) in [5.74, 6) is -1.49. The van der Waals surface area contributed by atoms with E-state index in [0.717, 1.165) is 16.0 Å². The zero-order valence-electron chi connectivity index (χ0n) is 20.5. The van der Waals surface area contributed by atoms with Gasteiger partial charge in [-0.3, -0.25) is 14.5 Å². The number of hydrogen-bond acceptors (Lipinski definition) is 5. The van der Waals surface area contributed by atoms with Crippen molar-refractivity contribution in [1.29, 1.82) is 0 Å². The van der Waals surface area contributed by atoms with Crippen molar-refractivity contribution in [2.24, 2.45) is 0 Å². The van der Waals surface area contributed by atoms with Crippen LogP contribution in [-0.4, -0.2) is 73.1 Å². The summed E-state index contributed by atoms with van der Waals surface area (Å²) in [6, 6.07) is 9.60. The van der Waals surface area contributed by atoms with Crippen molar-refractivity contribution >= 4 is 27.9 Å². The molecule has 36 heavy (non-hydrogen) atoms. The molecule has 4 rings (SSSR count). The van der Waals surface area contributed by atoms with E-state index in [4.69, 9.17) is 0 Å². The lowest BCUT2D eigenvalue weighted by atomic mass is 9.87. The third kappa shape index (κ3) is 4.48. The number of carbonyl (C=O) groups excluding carboxylic acids is 3. The summed E-state index contributed by atoms with van der Waals surface area (Å²) in [5, 5.41) is 2.67. The van der Waals surface area contributed by atoms with Gasteiger partial charge in [-0.2, -0.15) is 4.31 Å². The molecule has 0 aromatic heterocycles. The number of benzene rings is 2. The Kier molecular flexibility index (Phi) is 6.89. The number of aryl methyl sites for hydroxylation is 2. The lowest BCUT2D eigenvalue weighted by Gasteiger charge is -2.34. The van der Waals surface area contributed by atoms with Crippen LogP contribution in [0.15, 0.2) is 47.4 Å². The van der Waals surface area contributed by atoms with Crippen LogP contribution in [-0.2, 0) is 25.2 Å². The number of imide groups is 1. The van der Waals surface area contributed by atoms with Crippen molar-refractivity contribution in [3.63, 3.8) is 0 Å². The standard InChI is InChI=1S/C25H29FN4O5S/c1-4-25(19-6-8-20(26)9-7-19)23(32)30(24(33)27-25)16-22(31)28-11-13-29(14-12-28)36(34,35)21-10-5-17(2)18(3)15-21/h5-10,15H,4,11-14,16H2,1-3H3,(H,27,33)/t25-/m1/s1. The molecule has 2 saturated heterocycles. The summed E-state index contributed by atoms with van der Waals surface area (Å²) in [5.41, 5.74) is 0.938. The predicted molar refractivity (Wildman–Crippen MR) is 130 cm³/mol. The fraction of sp³-hybridized carbons (Fsp3) is 0.400. The van der Waals surface area contributed by atoms with Gasteiger partial charge in [-0.1, -0.05) is 25.1 Å². The van der Waals surface area contributed by atoms with Crippen molar-refractivity contribution < 1.29 is 27.2 Å². The fourth-order valence-corrected chi connectivity index (χ4v) is 6.09. The van der Waals surface area contributed by atoms with Gasteiger partial charge in [0.2, 0.25) is 15.9 Å². The van der Waals surface area contributed by atoms with Crippen molar-refractivity contribution in [3.05, 3.63) is 65.0 Å². The highest BCUT2D eigenvalue weighted by atomic mass is 32.2. The topological polar surface area (TPSA) is 107 Å². The highest BCUT2D eigenvalue weighted by Crippen LogP contribution is 2.32. The predicted octanol–water partition coefficient (Wildman–Crippen LogP) is 2.13. The number of nitrogens with one attached hydrogen (secondary N) is 1. The van der Waals surface area contributed by atoms with E-state index in [1.165, 1.54) is 33.5 Å². The zero-order chi connectivity index (χ0) is 26.3. The average molecular weight is 517 g/mol. The van der Waals surface area contributed by atoms with Gasteiger partial charge >= 0.3 is 6.03 Å². The van der Waals surface area contributed by atoms with Gasteiger partial charge in [0.1, 0.15) is 17.9 Å². The van der Waals surface area contributed by atoms with Crippen LogP contribution in [0.2, 0.25) is 0 Å². The molecular weight excluding hydrogens is 487 g/mol. The van der Waals surface area contributed by atoms with Gasteiger partial charge in [-0.15, -0.1) is 0 Å². The molecule has 2 aliphatic heterocycles. The SMILES string of the molecule is CC[C@]1(c2ccc(F)cc2)NC(=O)N(CC(=O)N2CCN(S(=O)(=O)c3ccc(C)c(C)c3)CC2)C1=O. The molecule has 2 aromatic rings. The monoisotopic (exact) mass is 516 g/mol. The Balaban J connectivity index is 1.42. The van der Waals surface area contributed by atoms with Crippen LogP contribution < -0.4 is 5.32 Å². The molecule has 0 bridgehead atoms. The Morgan fingerprint density at radius 2 is 1.64 bits per heavy atom. The summed E-state index contributed by atoms with van der Waals surface area (Å²) in [6.45, 7) is 5.52. The first-order valence-corrected chi connectivity index (χ1v) is 13.2. The van der Waals surface area contributed by atoms with Crippen LogP contribution in [0.3, 0.4) is 0 Å². The molecule has 0 unspecified atom stereocenters. The Morgan fingerprint density at radius 3 is 2.22 bits per heavy atom. The number of amides is 4. The van der Waals surface area contributed by atoms with Gasteiger partial charge in [-0.25, -0.2) is 17.6 Å². The number of carbonyl (C=O) groups is 3. The molecule has 1 N–H and O–H groups in total. The number of hydrogen-bond donors (Lipinski definition) is 1. The maximum Gasteiger partial charge on any atom is 0.325 e. The normalized spacial score (nSPS) is 21.1. The second-order valence-electron chi connectivity index (χ2n) is 9.12. The molecular formula is C25H29FN4O5S. The molecule has 4 amide bonds. The van der Waals surface area contributed by atoms with E-state index in [-0.39, 0.29) is 37.5 Å². The Hall–Kier alpha value is -3.31. The van der Waals surface area contributed by atoms with E-state index in [9.17, 15) is 27.2 Å². The van der Waals surface area contributed by atoms with Gasteiger partial charge in [0.15, 0.2) is 0 Å². The summed E-state index contributed by atoms with van der Waals surface area (Å²) in [6.07, 6.45) is 0.225. The van der Waals surface area contributed by atoms with E-state index in [1.807, 2.05) is 13.8 Å². The number of rotatable bonds is 6. The first-order chi connectivity index (χ1) is 17.0. The summed E-state index contributed by atoms with van der Waals surface area (Å²) in [7, 11) is -3.70. The molecule has 11 heteroatoms. The second-order valence-corrected chi connectivity index (χ2v) is 11.1. The van der Waals surface area contributed by atoms with E-state index < -0.39 is 45.8 Å². The minimum Gasteiger partial charge on any atom is -0.338 e. The Morgan fingerprint density at radius 1 is 1.00 bits per heavy atom. The van der Waals surface area contributed by atoms with Crippen molar-refractivity contribution in [2.45, 2.75) is 37.6 Å². The highest BCUT2D eigenvalue weighted by molar-refractivity contribution is 7.89. The molecule has 0 radical (unpaired) electrons. The van der Waals surface area contributed by atoms with E-state index in [2.05, 4.69) is 5.32 Å². The first kappa shape index (κ1) is 25.8. The Bertz CT molecular complexity index is 1310. The number of sulfonamides is 1. The van der Waals surface area contributed by atoms with Crippen LogP contribution in [0.1, 0.15) is 30.0 Å². The van der Waals surface area contributed by atoms with Gasteiger partial charge in [-0.05, 0) is 61.2 Å². The number of nitrogens with zero attached hydrogens (tertiary/aromatic N) is 3. The lowest BCUT2D eigenvalue weighted by molar-refractivity contribution is -0.139. The number of halogens is 1. The van der Waals surface area contributed by atoms with E-state index in [1.54, 1.807) is 25.1 Å². The molecule has 192 valence electrons. The molecule has 2 aromatic carbocycles.